The SMILES string of the molecule is CCN1CCN(C(=O)c2ccc(CSc3nnc(C)n3-c3ccccc3OC)cc2)CC1. The molecule has 1 aliphatic heterocycles. The van der Waals surface area contributed by atoms with Crippen LogP contribution in [0.4, 0.5) is 0 Å². The molecule has 1 amide bonds. The molecule has 1 aromatic heterocycles. The lowest BCUT2D eigenvalue weighted by Gasteiger charge is -2.34. The van der Waals surface area contributed by atoms with Crippen molar-refractivity contribution in [2.45, 2.75) is 24.8 Å². The van der Waals surface area contributed by atoms with Gasteiger partial charge >= 0.3 is 0 Å². The maximum absolute atomic E-state index is 12.8. The summed E-state index contributed by atoms with van der Waals surface area (Å²) in [5, 5.41) is 9.43. The molecule has 0 N–H and O–H groups in total. The quantitative estimate of drug-likeness (QED) is 0.511. The van der Waals surface area contributed by atoms with E-state index in [0.29, 0.717) is 0 Å². The number of aromatic nitrogens is 3. The van der Waals surface area contributed by atoms with Crippen molar-refractivity contribution < 1.29 is 9.53 Å². The number of carbonyl (C=O) groups is 1. The van der Waals surface area contributed by atoms with Gasteiger partial charge in [-0.2, -0.15) is 0 Å². The molecule has 4 rings (SSSR count). The molecule has 7 nitrogen and oxygen atoms in total. The second-order valence-corrected chi connectivity index (χ2v) is 8.69. The highest BCUT2D eigenvalue weighted by Gasteiger charge is 2.21. The molecule has 0 saturated carbocycles. The van der Waals surface area contributed by atoms with Crippen molar-refractivity contribution in [3.05, 3.63) is 65.5 Å². The number of ether oxygens (including phenoxy) is 1. The number of nitrogens with zero attached hydrogens (tertiary/aromatic N) is 5. The number of thioether (sulfide) groups is 1. The van der Waals surface area contributed by atoms with Crippen molar-refractivity contribution in [2.24, 2.45) is 0 Å². The maximum Gasteiger partial charge on any atom is 0.253 e. The molecular weight excluding hydrogens is 422 g/mol. The molecule has 8 heteroatoms. The predicted molar refractivity (Wildman–Crippen MR) is 127 cm³/mol. The lowest BCUT2D eigenvalue weighted by Crippen LogP contribution is -2.48. The predicted octanol–water partition coefficient (Wildman–Crippen LogP) is 3.65. The molecule has 1 aliphatic rings. The highest BCUT2D eigenvalue weighted by atomic mass is 32.2. The van der Waals surface area contributed by atoms with Crippen LogP contribution >= 0.6 is 11.8 Å². The second-order valence-electron chi connectivity index (χ2n) is 7.75. The molecule has 168 valence electrons. The number of aryl methyl sites for hydroxylation is 1. The zero-order valence-electron chi connectivity index (χ0n) is 18.8. The lowest BCUT2D eigenvalue weighted by molar-refractivity contribution is 0.0643. The Morgan fingerprint density at radius 3 is 2.44 bits per heavy atom. The zero-order chi connectivity index (χ0) is 22.5. The number of piperazine rings is 1. The van der Waals surface area contributed by atoms with Crippen molar-refractivity contribution in [2.75, 3.05) is 39.8 Å². The van der Waals surface area contributed by atoms with Gasteiger partial charge in [0, 0.05) is 37.5 Å². The highest BCUT2D eigenvalue weighted by molar-refractivity contribution is 7.98. The van der Waals surface area contributed by atoms with Crippen molar-refractivity contribution in [3.8, 4) is 11.4 Å². The fourth-order valence-electron chi connectivity index (χ4n) is 3.87. The number of para-hydroxylation sites is 2. The van der Waals surface area contributed by atoms with E-state index in [1.807, 2.05) is 64.9 Å². The molecule has 0 atom stereocenters. The molecule has 0 aliphatic carbocycles. The Balaban J connectivity index is 1.42. The summed E-state index contributed by atoms with van der Waals surface area (Å²) in [6, 6.07) is 15.8. The molecule has 32 heavy (non-hydrogen) atoms. The molecular formula is C24H29N5O2S. The molecule has 3 aromatic rings. The molecule has 1 saturated heterocycles. The summed E-state index contributed by atoms with van der Waals surface area (Å²) in [5.41, 5.74) is 2.80. The van der Waals surface area contributed by atoms with Gasteiger partial charge in [0.25, 0.3) is 5.91 Å². The normalized spacial score (nSPS) is 14.5. The number of amides is 1. The van der Waals surface area contributed by atoms with Crippen molar-refractivity contribution in [1.29, 1.82) is 0 Å². The molecule has 0 bridgehead atoms. The second kappa shape index (κ2) is 10.2. The fourth-order valence-corrected chi connectivity index (χ4v) is 4.82. The molecule has 0 spiro atoms. The van der Waals surface area contributed by atoms with Crippen LogP contribution in [-0.2, 0) is 5.75 Å². The number of methoxy groups -OCH3 is 1. The van der Waals surface area contributed by atoms with Crippen LogP contribution in [0.15, 0.2) is 53.7 Å². The summed E-state index contributed by atoms with van der Waals surface area (Å²) in [6.07, 6.45) is 0. The number of benzene rings is 2. The monoisotopic (exact) mass is 451 g/mol. The third-order valence-corrected chi connectivity index (χ3v) is 6.80. The van der Waals surface area contributed by atoms with Crippen LogP contribution in [0.2, 0.25) is 0 Å². The topological polar surface area (TPSA) is 63.5 Å². The van der Waals surface area contributed by atoms with Gasteiger partial charge in [0.1, 0.15) is 11.6 Å². The van der Waals surface area contributed by atoms with Gasteiger partial charge in [-0.1, -0.05) is 43.0 Å². The summed E-state index contributed by atoms with van der Waals surface area (Å²) in [4.78, 5) is 17.1. The van der Waals surface area contributed by atoms with E-state index in [-0.39, 0.29) is 5.91 Å². The minimum atomic E-state index is 0.117. The lowest BCUT2D eigenvalue weighted by atomic mass is 10.1. The minimum absolute atomic E-state index is 0.117. The van der Waals surface area contributed by atoms with Crippen LogP contribution in [0, 0.1) is 6.92 Å². The summed E-state index contributed by atoms with van der Waals surface area (Å²) < 4.78 is 7.53. The van der Waals surface area contributed by atoms with Gasteiger partial charge in [-0.3, -0.25) is 9.36 Å². The van der Waals surface area contributed by atoms with Crippen molar-refractivity contribution in [3.63, 3.8) is 0 Å². The van der Waals surface area contributed by atoms with E-state index in [2.05, 4.69) is 22.0 Å². The Bertz CT molecular complexity index is 1060. The van der Waals surface area contributed by atoms with Gasteiger partial charge in [0.05, 0.1) is 12.8 Å². The summed E-state index contributed by atoms with van der Waals surface area (Å²) in [5.74, 6) is 2.43. The van der Waals surface area contributed by atoms with Gasteiger partial charge in [-0.15, -0.1) is 10.2 Å². The zero-order valence-corrected chi connectivity index (χ0v) is 19.6. The first-order valence-electron chi connectivity index (χ1n) is 10.9. The Morgan fingerprint density at radius 2 is 1.75 bits per heavy atom. The van der Waals surface area contributed by atoms with E-state index >= 15 is 0 Å². The number of hydrogen-bond donors (Lipinski definition) is 0. The molecule has 0 unspecified atom stereocenters. The average Bonchev–Trinajstić information content (AvgIpc) is 3.22. The Labute approximate surface area is 193 Å². The number of likely N-dealkylation sites (N-methyl/N-ethyl adjacent to an activating group) is 1. The Morgan fingerprint density at radius 1 is 1.03 bits per heavy atom. The highest BCUT2D eigenvalue weighted by Crippen LogP contribution is 2.30. The van der Waals surface area contributed by atoms with Crippen LogP contribution in [0.3, 0.4) is 0 Å². The first-order valence-corrected chi connectivity index (χ1v) is 11.9. The number of hydrogen-bond acceptors (Lipinski definition) is 6. The van der Waals surface area contributed by atoms with Gasteiger partial charge < -0.3 is 14.5 Å². The van der Waals surface area contributed by atoms with Gasteiger partial charge in [0.2, 0.25) is 0 Å². The Hall–Kier alpha value is -2.84. The van der Waals surface area contributed by atoms with Crippen LogP contribution < -0.4 is 4.74 Å². The Kier molecular flexibility index (Phi) is 7.12. The maximum atomic E-state index is 12.8. The molecule has 0 radical (unpaired) electrons. The van der Waals surface area contributed by atoms with Gasteiger partial charge in [-0.25, -0.2) is 0 Å². The molecule has 1 fully saturated rings. The van der Waals surface area contributed by atoms with E-state index < -0.39 is 0 Å². The van der Waals surface area contributed by atoms with Crippen LogP contribution in [0.25, 0.3) is 5.69 Å². The van der Waals surface area contributed by atoms with Gasteiger partial charge in [0.15, 0.2) is 5.16 Å². The van der Waals surface area contributed by atoms with Crippen LogP contribution in [0.5, 0.6) is 5.75 Å². The minimum Gasteiger partial charge on any atom is -0.495 e. The number of carbonyl (C=O) groups excluding carboxylic acids is 1. The standard InChI is InChI=1S/C24H29N5O2S/c1-4-27-13-15-28(16-14-27)23(30)20-11-9-19(10-12-20)17-32-24-26-25-18(2)29(24)21-7-5-6-8-22(21)31-3/h5-12H,4,13-17H2,1-3H3. The van der Waals surface area contributed by atoms with E-state index in [0.717, 1.165) is 72.0 Å². The van der Waals surface area contributed by atoms with E-state index in [9.17, 15) is 4.79 Å². The first-order chi connectivity index (χ1) is 15.6. The summed E-state index contributed by atoms with van der Waals surface area (Å²) in [7, 11) is 1.66. The molecule has 2 aromatic carbocycles. The third-order valence-electron chi connectivity index (χ3n) is 5.80. The third kappa shape index (κ3) is 4.81. The van der Waals surface area contributed by atoms with Crippen LogP contribution in [-0.4, -0.2) is 70.3 Å². The summed E-state index contributed by atoms with van der Waals surface area (Å²) in [6.45, 7) is 8.62. The van der Waals surface area contributed by atoms with Gasteiger partial charge in [-0.05, 0) is 43.3 Å². The van der Waals surface area contributed by atoms with Crippen molar-refractivity contribution in [1.82, 2.24) is 24.6 Å². The first kappa shape index (κ1) is 22.4. The summed E-state index contributed by atoms with van der Waals surface area (Å²) >= 11 is 1.61. The average molecular weight is 452 g/mol. The van der Waals surface area contributed by atoms with Crippen LogP contribution in [0.1, 0.15) is 28.7 Å². The smallest absolute Gasteiger partial charge is 0.253 e. The van der Waals surface area contributed by atoms with E-state index in [1.165, 1.54) is 0 Å². The van der Waals surface area contributed by atoms with E-state index in [1.54, 1.807) is 18.9 Å². The van der Waals surface area contributed by atoms with E-state index in [4.69, 9.17) is 4.74 Å². The largest absolute Gasteiger partial charge is 0.495 e. The van der Waals surface area contributed by atoms with Crippen molar-refractivity contribution >= 4 is 17.7 Å². The number of rotatable bonds is 7. The molecule has 2 heterocycles. The fraction of sp³-hybridized carbons (Fsp3) is 0.375.